The van der Waals surface area contributed by atoms with Crippen LogP contribution in [0.25, 0.3) is 0 Å². The predicted octanol–water partition coefficient (Wildman–Crippen LogP) is 2.34. The van der Waals surface area contributed by atoms with Gasteiger partial charge >= 0.3 is 5.97 Å². The Morgan fingerprint density at radius 3 is 2.15 bits per heavy atom. The molecule has 0 aromatic heterocycles. The number of anilines is 1. The first kappa shape index (κ1) is 30.9. The third-order valence-corrected chi connectivity index (χ3v) is 5.96. The first-order chi connectivity index (χ1) is 18.5. The summed E-state index contributed by atoms with van der Waals surface area (Å²) in [6.07, 6.45) is 0.590. The molecule has 2 atom stereocenters. The van der Waals surface area contributed by atoms with Gasteiger partial charge in [0.25, 0.3) is 5.91 Å². The number of amides is 3. The Morgan fingerprint density at radius 1 is 0.949 bits per heavy atom. The molecule has 0 aliphatic heterocycles. The minimum atomic E-state index is -1.33. The minimum Gasteiger partial charge on any atom is -0.493 e. The highest BCUT2D eigenvalue weighted by Gasteiger charge is 2.29. The molecule has 2 rings (SSSR count). The Balaban J connectivity index is 2.28. The van der Waals surface area contributed by atoms with E-state index in [4.69, 9.17) is 15.2 Å². The van der Waals surface area contributed by atoms with E-state index in [-0.39, 0.29) is 30.7 Å². The van der Waals surface area contributed by atoms with Crippen molar-refractivity contribution in [3.63, 3.8) is 0 Å². The molecule has 0 saturated heterocycles. The van der Waals surface area contributed by atoms with Crippen molar-refractivity contribution in [1.82, 2.24) is 10.6 Å². The SMILES string of the molecule is COc1cc(NCCc2ccccc2)c(C(=O)N[C@@H](CC(C)C)C(=O)N[C@@H](CCC(N)=O)C(=O)O)cc1OC. The molecule has 0 saturated carbocycles. The van der Waals surface area contributed by atoms with Crippen LogP contribution in [0.1, 0.15) is 49.0 Å². The quantitative estimate of drug-likeness (QED) is 0.215. The number of methoxy groups -OCH3 is 2. The lowest BCUT2D eigenvalue weighted by molar-refractivity contribution is -0.142. The summed E-state index contributed by atoms with van der Waals surface area (Å²) in [5.41, 5.74) is 6.96. The average molecular weight is 543 g/mol. The largest absolute Gasteiger partial charge is 0.493 e. The maximum atomic E-state index is 13.5. The third-order valence-electron chi connectivity index (χ3n) is 5.96. The number of benzene rings is 2. The Morgan fingerprint density at radius 2 is 1.59 bits per heavy atom. The highest BCUT2D eigenvalue weighted by Crippen LogP contribution is 2.33. The molecule has 39 heavy (non-hydrogen) atoms. The zero-order valence-electron chi connectivity index (χ0n) is 22.8. The fourth-order valence-corrected chi connectivity index (χ4v) is 3.95. The lowest BCUT2D eigenvalue weighted by atomic mass is 10.0. The lowest BCUT2D eigenvalue weighted by Gasteiger charge is -2.23. The molecular weight excluding hydrogens is 504 g/mol. The van der Waals surface area contributed by atoms with Crippen LogP contribution in [0, 0.1) is 5.92 Å². The average Bonchev–Trinajstić information content (AvgIpc) is 2.90. The Hall–Kier alpha value is -4.28. The van der Waals surface area contributed by atoms with Gasteiger partial charge in [-0.2, -0.15) is 0 Å². The van der Waals surface area contributed by atoms with Crippen molar-refractivity contribution in [3.8, 4) is 11.5 Å². The number of carboxylic acids is 1. The number of ether oxygens (including phenoxy) is 2. The number of carbonyl (C=O) groups is 4. The van der Waals surface area contributed by atoms with Crippen LogP contribution >= 0.6 is 0 Å². The van der Waals surface area contributed by atoms with E-state index in [0.29, 0.717) is 30.2 Å². The van der Waals surface area contributed by atoms with Gasteiger partial charge in [0.2, 0.25) is 11.8 Å². The van der Waals surface area contributed by atoms with Crippen molar-refractivity contribution in [2.75, 3.05) is 26.1 Å². The smallest absolute Gasteiger partial charge is 0.326 e. The second kappa shape index (κ2) is 15.2. The molecular formula is C28H38N4O7. The third kappa shape index (κ3) is 9.84. The van der Waals surface area contributed by atoms with Crippen LogP contribution in [0.5, 0.6) is 11.5 Å². The molecule has 0 bridgehead atoms. The van der Waals surface area contributed by atoms with Crippen LogP contribution in [0.2, 0.25) is 0 Å². The number of hydrogen-bond acceptors (Lipinski definition) is 7. The number of aliphatic carboxylic acids is 1. The summed E-state index contributed by atoms with van der Waals surface area (Å²) in [4.78, 5) is 49.3. The van der Waals surface area contributed by atoms with Gasteiger partial charge in [-0.25, -0.2) is 4.79 Å². The van der Waals surface area contributed by atoms with Gasteiger partial charge in [0.05, 0.1) is 25.5 Å². The van der Waals surface area contributed by atoms with Crippen molar-refractivity contribution < 1.29 is 33.8 Å². The topological polar surface area (TPSA) is 169 Å². The number of rotatable bonds is 16. The van der Waals surface area contributed by atoms with Crippen LogP contribution in [-0.4, -0.2) is 61.6 Å². The monoisotopic (exact) mass is 542 g/mol. The van der Waals surface area contributed by atoms with Gasteiger partial charge in [0.1, 0.15) is 12.1 Å². The van der Waals surface area contributed by atoms with E-state index in [2.05, 4.69) is 16.0 Å². The van der Waals surface area contributed by atoms with Crippen molar-refractivity contribution in [2.24, 2.45) is 11.7 Å². The van der Waals surface area contributed by atoms with E-state index in [9.17, 15) is 24.3 Å². The molecule has 0 heterocycles. The Labute approximate surface area is 228 Å². The fourth-order valence-electron chi connectivity index (χ4n) is 3.95. The van der Waals surface area contributed by atoms with Crippen molar-refractivity contribution in [3.05, 3.63) is 53.6 Å². The zero-order valence-corrected chi connectivity index (χ0v) is 22.8. The molecule has 0 aliphatic carbocycles. The van der Waals surface area contributed by atoms with Gasteiger partial charge in [-0.1, -0.05) is 44.2 Å². The molecule has 2 aromatic rings. The molecule has 2 aromatic carbocycles. The van der Waals surface area contributed by atoms with Crippen LogP contribution in [0.3, 0.4) is 0 Å². The number of hydrogen-bond donors (Lipinski definition) is 5. The summed E-state index contributed by atoms with van der Waals surface area (Å²) in [6.45, 7) is 4.28. The molecule has 3 amide bonds. The van der Waals surface area contributed by atoms with Gasteiger partial charge in [-0.3, -0.25) is 14.4 Å². The highest BCUT2D eigenvalue weighted by molar-refractivity contribution is 6.03. The van der Waals surface area contributed by atoms with Crippen molar-refractivity contribution in [2.45, 2.75) is 51.6 Å². The first-order valence-corrected chi connectivity index (χ1v) is 12.7. The summed E-state index contributed by atoms with van der Waals surface area (Å²) in [5.74, 6) is -2.45. The maximum Gasteiger partial charge on any atom is 0.326 e. The van der Waals surface area contributed by atoms with Gasteiger partial charge in [-0.15, -0.1) is 0 Å². The Kier molecular flexibility index (Phi) is 12.1. The zero-order chi connectivity index (χ0) is 28.9. The summed E-state index contributed by atoms with van der Waals surface area (Å²) in [7, 11) is 2.95. The number of primary amides is 1. The molecule has 0 unspecified atom stereocenters. The molecule has 11 nitrogen and oxygen atoms in total. The molecule has 212 valence electrons. The predicted molar refractivity (Wildman–Crippen MR) is 147 cm³/mol. The van der Waals surface area contributed by atoms with Gasteiger partial charge in [0.15, 0.2) is 11.5 Å². The molecule has 0 aliphatic rings. The van der Waals surface area contributed by atoms with Gasteiger partial charge in [-0.05, 0) is 36.8 Å². The van der Waals surface area contributed by atoms with E-state index in [1.165, 1.54) is 20.3 Å². The fraction of sp³-hybridized carbons (Fsp3) is 0.429. The first-order valence-electron chi connectivity index (χ1n) is 12.7. The molecule has 0 spiro atoms. The van der Waals surface area contributed by atoms with E-state index in [1.54, 1.807) is 6.07 Å². The molecule has 0 radical (unpaired) electrons. The molecule has 6 N–H and O–H groups in total. The Bertz CT molecular complexity index is 1140. The number of nitrogens with two attached hydrogens (primary N) is 1. The summed E-state index contributed by atoms with van der Waals surface area (Å²) in [5, 5.41) is 17.9. The lowest BCUT2D eigenvalue weighted by Crippen LogP contribution is -2.52. The number of nitrogens with one attached hydrogen (secondary N) is 3. The van der Waals surface area contributed by atoms with Crippen LogP contribution < -0.4 is 31.2 Å². The van der Waals surface area contributed by atoms with Crippen molar-refractivity contribution >= 4 is 29.4 Å². The highest BCUT2D eigenvalue weighted by atomic mass is 16.5. The van der Waals surface area contributed by atoms with E-state index < -0.39 is 35.8 Å². The number of carbonyl (C=O) groups excluding carboxylic acids is 3. The summed E-state index contributed by atoms with van der Waals surface area (Å²) in [6, 6.07) is 10.7. The normalized spacial score (nSPS) is 12.2. The second-order valence-electron chi connectivity index (χ2n) is 9.48. The summed E-state index contributed by atoms with van der Waals surface area (Å²) >= 11 is 0. The summed E-state index contributed by atoms with van der Waals surface area (Å²) < 4.78 is 10.8. The van der Waals surface area contributed by atoms with E-state index >= 15 is 0 Å². The standard InChI is InChI=1S/C28H38N4O7/c1-17(2)14-22(27(35)31-20(28(36)37)10-11-25(29)33)32-26(34)19-15-23(38-3)24(39-4)16-21(19)30-13-12-18-8-6-5-7-9-18/h5-9,15-17,20,22,30H,10-14H2,1-4H3,(H2,29,33)(H,31,35)(H,32,34)(H,36,37)/t20-,22-/m0/s1. The van der Waals surface area contributed by atoms with Crippen molar-refractivity contribution in [1.29, 1.82) is 0 Å². The van der Waals surface area contributed by atoms with Crippen LogP contribution in [0.15, 0.2) is 42.5 Å². The van der Waals surface area contributed by atoms with Gasteiger partial charge < -0.3 is 36.3 Å². The van der Waals surface area contributed by atoms with Crippen LogP contribution in [0.4, 0.5) is 5.69 Å². The van der Waals surface area contributed by atoms with Crippen LogP contribution in [-0.2, 0) is 20.8 Å². The second-order valence-corrected chi connectivity index (χ2v) is 9.48. The minimum absolute atomic E-state index is 0.00354. The maximum absolute atomic E-state index is 13.5. The van der Waals surface area contributed by atoms with E-state index in [0.717, 1.165) is 5.56 Å². The van der Waals surface area contributed by atoms with Gasteiger partial charge in [0, 0.05) is 19.0 Å². The molecule has 0 fully saturated rings. The number of carboxylic acid groups (broad SMARTS) is 1. The molecule has 11 heteroatoms. The van der Waals surface area contributed by atoms with E-state index in [1.807, 2.05) is 44.2 Å².